The fourth-order valence-corrected chi connectivity index (χ4v) is 5.02. The molecule has 3 aromatic carbocycles. The van der Waals surface area contributed by atoms with Gasteiger partial charge in [-0.1, -0.05) is 42.5 Å². The minimum Gasteiger partial charge on any atom is -0.347 e. The molecular formula is C27H31N3O4S. The maximum Gasteiger partial charge on any atom is 0.264 e. The van der Waals surface area contributed by atoms with Crippen LogP contribution in [0.25, 0.3) is 0 Å². The number of hydrogen-bond acceptors (Lipinski definition) is 4. The monoisotopic (exact) mass is 493 g/mol. The maximum atomic E-state index is 13.6. The van der Waals surface area contributed by atoms with Gasteiger partial charge < -0.3 is 10.6 Å². The number of nitrogens with zero attached hydrogens (tertiary/aromatic N) is 1. The lowest BCUT2D eigenvalue weighted by molar-refractivity contribution is -0.114. The molecule has 2 amide bonds. The van der Waals surface area contributed by atoms with E-state index in [9.17, 15) is 18.0 Å². The van der Waals surface area contributed by atoms with Crippen molar-refractivity contribution in [3.63, 3.8) is 0 Å². The predicted octanol–water partition coefficient (Wildman–Crippen LogP) is 4.67. The van der Waals surface area contributed by atoms with E-state index >= 15 is 0 Å². The van der Waals surface area contributed by atoms with Crippen molar-refractivity contribution in [2.45, 2.75) is 45.1 Å². The summed E-state index contributed by atoms with van der Waals surface area (Å²) in [5, 5.41) is 5.61. The second-order valence-corrected chi connectivity index (χ2v) is 11.3. The summed E-state index contributed by atoms with van der Waals surface area (Å²) in [6.07, 6.45) is 0. The van der Waals surface area contributed by atoms with Crippen LogP contribution >= 0.6 is 0 Å². The Labute approximate surface area is 207 Å². The van der Waals surface area contributed by atoms with Crippen LogP contribution in [0.5, 0.6) is 0 Å². The summed E-state index contributed by atoms with van der Waals surface area (Å²) >= 11 is 0. The average Bonchev–Trinajstić information content (AvgIpc) is 2.79. The Morgan fingerprint density at radius 2 is 1.51 bits per heavy atom. The van der Waals surface area contributed by atoms with Crippen molar-refractivity contribution in [1.82, 2.24) is 5.32 Å². The third-order valence-corrected chi connectivity index (χ3v) is 6.96. The van der Waals surface area contributed by atoms with Crippen LogP contribution in [0.4, 0.5) is 11.4 Å². The number of sulfonamides is 1. The first kappa shape index (κ1) is 26.0. The molecule has 0 aromatic heterocycles. The summed E-state index contributed by atoms with van der Waals surface area (Å²) in [7, 11) is -4.04. The number of para-hydroxylation sites is 1. The van der Waals surface area contributed by atoms with Gasteiger partial charge in [0.2, 0.25) is 5.91 Å². The fraction of sp³-hybridized carbons (Fsp3) is 0.259. The molecule has 0 saturated heterocycles. The molecule has 0 saturated carbocycles. The molecular weight excluding hydrogens is 462 g/mol. The first-order chi connectivity index (χ1) is 16.4. The highest BCUT2D eigenvalue weighted by molar-refractivity contribution is 7.92. The zero-order chi connectivity index (χ0) is 25.8. The van der Waals surface area contributed by atoms with Crippen LogP contribution in [-0.4, -0.2) is 32.3 Å². The minimum absolute atomic E-state index is 0.0821. The Morgan fingerprint density at radius 3 is 2.17 bits per heavy atom. The highest BCUT2D eigenvalue weighted by Crippen LogP contribution is 2.28. The highest BCUT2D eigenvalue weighted by atomic mass is 32.2. The lowest BCUT2D eigenvalue weighted by atomic mass is 10.1. The molecule has 0 atom stereocenters. The molecule has 0 bridgehead atoms. The zero-order valence-corrected chi connectivity index (χ0v) is 21.4. The molecule has 0 heterocycles. The van der Waals surface area contributed by atoms with Crippen LogP contribution in [0.15, 0.2) is 77.7 Å². The highest BCUT2D eigenvalue weighted by Gasteiger charge is 2.29. The molecule has 0 fully saturated rings. The van der Waals surface area contributed by atoms with Crippen LogP contribution in [0.1, 0.15) is 42.3 Å². The molecule has 0 radical (unpaired) electrons. The number of aryl methyl sites for hydroxylation is 2. The van der Waals surface area contributed by atoms with E-state index in [1.54, 1.807) is 55.5 Å². The Morgan fingerprint density at radius 1 is 0.886 bits per heavy atom. The molecule has 3 rings (SSSR count). The van der Waals surface area contributed by atoms with Gasteiger partial charge >= 0.3 is 0 Å². The zero-order valence-electron chi connectivity index (χ0n) is 20.6. The third-order valence-electron chi connectivity index (χ3n) is 5.19. The lowest BCUT2D eigenvalue weighted by Gasteiger charge is -2.26. The molecule has 0 unspecified atom stereocenters. The van der Waals surface area contributed by atoms with Gasteiger partial charge in [0.15, 0.2) is 0 Å². The molecule has 0 aliphatic carbocycles. The number of hydrogen-bond donors (Lipinski definition) is 2. The summed E-state index contributed by atoms with van der Waals surface area (Å²) in [6, 6.07) is 20.1. The van der Waals surface area contributed by atoms with Crippen molar-refractivity contribution >= 4 is 33.2 Å². The average molecular weight is 494 g/mol. The van der Waals surface area contributed by atoms with Gasteiger partial charge in [0.1, 0.15) is 6.54 Å². The smallest absolute Gasteiger partial charge is 0.264 e. The molecule has 0 aliphatic heterocycles. The summed E-state index contributed by atoms with van der Waals surface area (Å²) in [6.45, 7) is 8.79. The molecule has 35 heavy (non-hydrogen) atoms. The minimum atomic E-state index is -4.04. The second kappa shape index (κ2) is 10.3. The van der Waals surface area contributed by atoms with Crippen molar-refractivity contribution in [3.05, 3.63) is 89.5 Å². The van der Waals surface area contributed by atoms with Crippen LogP contribution in [0, 0.1) is 13.8 Å². The normalized spacial score (nSPS) is 11.6. The maximum absolute atomic E-state index is 13.6. The van der Waals surface area contributed by atoms with E-state index in [4.69, 9.17) is 0 Å². The molecule has 184 valence electrons. The number of nitrogens with one attached hydrogen (secondary N) is 2. The number of amides is 2. The molecule has 0 spiro atoms. The van der Waals surface area contributed by atoms with E-state index in [1.807, 2.05) is 39.8 Å². The Kier molecular flexibility index (Phi) is 7.65. The molecule has 3 aromatic rings. The SMILES string of the molecule is Cc1ccc(C)c(N(CC(=O)Nc2ccccc2C(=O)NC(C)(C)C)S(=O)(=O)c2ccccc2)c1. The van der Waals surface area contributed by atoms with Crippen molar-refractivity contribution < 1.29 is 18.0 Å². The van der Waals surface area contributed by atoms with E-state index in [-0.39, 0.29) is 10.8 Å². The standard InChI is InChI=1S/C27H31N3O4S/c1-19-15-16-20(2)24(17-19)30(35(33,34)21-11-7-6-8-12-21)18-25(31)28-23-14-10-9-13-22(23)26(32)29-27(3,4)5/h6-17H,18H2,1-5H3,(H,28,31)(H,29,32). The molecule has 7 nitrogen and oxygen atoms in total. The number of rotatable bonds is 7. The quantitative estimate of drug-likeness (QED) is 0.500. The summed E-state index contributed by atoms with van der Waals surface area (Å²) < 4.78 is 28.3. The van der Waals surface area contributed by atoms with E-state index in [0.29, 0.717) is 22.5 Å². The largest absolute Gasteiger partial charge is 0.347 e. The molecule has 8 heteroatoms. The van der Waals surface area contributed by atoms with Crippen molar-refractivity contribution in [1.29, 1.82) is 0 Å². The van der Waals surface area contributed by atoms with Crippen LogP contribution < -0.4 is 14.9 Å². The Bertz CT molecular complexity index is 1330. The van der Waals surface area contributed by atoms with Gasteiger partial charge in [-0.05, 0) is 76.1 Å². The van der Waals surface area contributed by atoms with E-state index < -0.39 is 28.0 Å². The molecule has 2 N–H and O–H groups in total. The third kappa shape index (κ3) is 6.48. The Balaban J connectivity index is 1.96. The molecule has 0 aliphatic rings. The van der Waals surface area contributed by atoms with E-state index in [2.05, 4.69) is 10.6 Å². The number of carbonyl (C=O) groups excluding carboxylic acids is 2. The lowest BCUT2D eigenvalue weighted by Crippen LogP contribution is -2.41. The first-order valence-corrected chi connectivity index (χ1v) is 12.7. The van der Waals surface area contributed by atoms with Gasteiger partial charge in [-0.15, -0.1) is 0 Å². The Hall–Kier alpha value is -3.65. The van der Waals surface area contributed by atoms with E-state index in [0.717, 1.165) is 9.87 Å². The summed E-state index contributed by atoms with van der Waals surface area (Å²) in [4.78, 5) is 26.0. The van der Waals surface area contributed by atoms with Gasteiger partial charge in [0.25, 0.3) is 15.9 Å². The summed E-state index contributed by atoms with van der Waals surface area (Å²) in [5.41, 5.74) is 2.13. The second-order valence-electron chi connectivity index (χ2n) is 9.41. The van der Waals surface area contributed by atoms with Crippen LogP contribution in [-0.2, 0) is 14.8 Å². The topological polar surface area (TPSA) is 95.6 Å². The number of carbonyl (C=O) groups is 2. The first-order valence-electron chi connectivity index (χ1n) is 11.2. The van der Waals surface area contributed by atoms with Crippen LogP contribution in [0.3, 0.4) is 0 Å². The predicted molar refractivity (Wildman–Crippen MR) is 139 cm³/mol. The number of anilines is 2. The van der Waals surface area contributed by atoms with Gasteiger partial charge in [-0.2, -0.15) is 0 Å². The van der Waals surface area contributed by atoms with Crippen molar-refractivity contribution in [2.75, 3.05) is 16.2 Å². The van der Waals surface area contributed by atoms with E-state index in [1.165, 1.54) is 12.1 Å². The van der Waals surface area contributed by atoms with Gasteiger partial charge in [0, 0.05) is 5.54 Å². The van der Waals surface area contributed by atoms with Gasteiger partial charge in [-0.3, -0.25) is 13.9 Å². The summed E-state index contributed by atoms with van der Waals surface area (Å²) in [5.74, 6) is -0.905. The van der Waals surface area contributed by atoms with Gasteiger partial charge in [-0.25, -0.2) is 8.42 Å². The number of benzene rings is 3. The fourth-order valence-electron chi connectivity index (χ4n) is 3.53. The van der Waals surface area contributed by atoms with Crippen LogP contribution in [0.2, 0.25) is 0 Å². The van der Waals surface area contributed by atoms with Crippen molar-refractivity contribution in [2.24, 2.45) is 0 Å². The van der Waals surface area contributed by atoms with Gasteiger partial charge in [0.05, 0.1) is 21.8 Å². The van der Waals surface area contributed by atoms with Crippen molar-refractivity contribution in [3.8, 4) is 0 Å².